The Balaban J connectivity index is 4.46. The van der Waals surface area contributed by atoms with E-state index in [1.807, 2.05) is 0 Å². The number of amides is 1. The predicted octanol–water partition coefficient (Wildman–Crippen LogP) is -1.25. The van der Waals surface area contributed by atoms with Crippen LogP contribution in [0.15, 0.2) is 11.8 Å². The van der Waals surface area contributed by atoms with Crippen molar-refractivity contribution in [2.75, 3.05) is 39.5 Å². The fraction of sp³-hybridized carbons (Fsp3) is 0.615. The van der Waals surface area contributed by atoms with Crippen LogP contribution in [0.3, 0.4) is 0 Å². The number of hydrogen-bond donors (Lipinski definition) is 3. The minimum absolute atomic E-state index is 0.0290. The van der Waals surface area contributed by atoms with Crippen molar-refractivity contribution in [2.24, 2.45) is 0 Å². The zero-order valence-electron chi connectivity index (χ0n) is 12.0. The van der Waals surface area contributed by atoms with Crippen molar-refractivity contribution < 1.29 is 24.5 Å². The number of carbonyl (C=O) groups excluding carboxylic acids is 2. The smallest absolute Gasteiger partial charge is 0.307 e. The maximum atomic E-state index is 12.0. The second kappa shape index (κ2) is 11.7. The van der Waals surface area contributed by atoms with Crippen LogP contribution in [0.2, 0.25) is 0 Å². The minimum atomic E-state index is -0.593. The van der Waals surface area contributed by atoms with Crippen LogP contribution in [0.1, 0.15) is 13.3 Å². The third-order valence-electron chi connectivity index (χ3n) is 2.40. The Morgan fingerprint density at radius 3 is 2.43 bits per heavy atom. The van der Waals surface area contributed by atoms with Crippen molar-refractivity contribution in [1.29, 1.82) is 5.26 Å². The van der Waals surface area contributed by atoms with E-state index in [4.69, 9.17) is 20.2 Å². The number of aliphatic hydroxyl groups is 2. The largest absolute Gasteiger partial charge is 0.466 e. The van der Waals surface area contributed by atoms with Crippen LogP contribution in [0.5, 0.6) is 0 Å². The molecule has 0 fully saturated rings. The molecule has 3 N–H and O–H groups in total. The van der Waals surface area contributed by atoms with E-state index >= 15 is 0 Å². The number of hydrogen-bond acceptors (Lipinski definition) is 7. The average Bonchev–Trinajstić information content (AvgIpc) is 2.47. The summed E-state index contributed by atoms with van der Waals surface area (Å²) in [7, 11) is 0. The van der Waals surface area contributed by atoms with Crippen LogP contribution in [-0.2, 0) is 14.3 Å². The van der Waals surface area contributed by atoms with Crippen molar-refractivity contribution in [2.45, 2.75) is 13.3 Å². The third kappa shape index (κ3) is 7.91. The lowest BCUT2D eigenvalue weighted by Gasteiger charge is -2.19. The van der Waals surface area contributed by atoms with Crippen LogP contribution < -0.4 is 5.32 Å². The van der Waals surface area contributed by atoms with Gasteiger partial charge in [-0.25, -0.2) is 0 Å². The molecule has 0 rings (SSSR count). The van der Waals surface area contributed by atoms with Gasteiger partial charge in [-0.15, -0.1) is 0 Å². The zero-order valence-corrected chi connectivity index (χ0v) is 12.0. The summed E-state index contributed by atoms with van der Waals surface area (Å²) in [6.45, 7) is 1.77. The highest BCUT2D eigenvalue weighted by Crippen LogP contribution is 2.00. The van der Waals surface area contributed by atoms with E-state index in [1.54, 1.807) is 13.0 Å². The molecule has 0 aromatic heterocycles. The Morgan fingerprint density at radius 1 is 1.33 bits per heavy atom. The van der Waals surface area contributed by atoms with Crippen LogP contribution in [0, 0.1) is 11.3 Å². The number of esters is 1. The predicted molar refractivity (Wildman–Crippen MR) is 73.7 cm³/mol. The quantitative estimate of drug-likeness (QED) is 0.199. The maximum absolute atomic E-state index is 12.0. The highest BCUT2D eigenvalue weighted by Gasteiger charge is 2.17. The molecule has 21 heavy (non-hydrogen) atoms. The summed E-state index contributed by atoms with van der Waals surface area (Å²) in [5.74, 6) is -0.963. The molecule has 0 aliphatic heterocycles. The molecular weight excluding hydrogens is 278 g/mol. The molecule has 0 bridgehead atoms. The Morgan fingerprint density at radius 2 is 1.95 bits per heavy atom. The molecule has 0 radical (unpaired) electrons. The van der Waals surface area contributed by atoms with Crippen LogP contribution >= 0.6 is 0 Å². The summed E-state index contributed by atoms with van der Waals surface area (Å²) in [6, 6.07) is 1.74. The highest BCUT2D eigenvalue weighted by atomic mass is 16.5. The third-order valence-corrected chi connectivity index (χ3v) is 2.40. The van der Waals surface area contributed by atoms with E-state index in [2.05, 4.69) is 5.32 Å². The van der Waals surface area contributed by atoms with E-state index in [9.17, 15) is 9.59 Å². The number of carbonyl (C=O) groups is 2. The summed E-state index contributed by atoms with van der Waals surface area (Å²) in [5.41, 5.74) is -0.166. The van der Waals surface area contributed by atoms with Gasteiger partial charge in [0.15, 0.2) is 0 Å². The molecule has 0 spiro atoms. The average molecular weight is 299 g/mol. The van der Waals surface area contributed by atoms with Gasteiger partial charge in [-0.05, 0) is 6.92 Å². The Hall–Kier alpha value is -2.11. The van der Waals surface area contributed by atoms with Crippen molar-refractivity contribution in [3.8, 4) is 6.07 Å². The minimum Gasteiger partial charge on any atom is -0.466 e. The lowest BCUT2D eigenvalue weighted by Crippen LogP contribution is -2.37. The van der Waals surface area contributed by atoms with Crippen LogP contribution in [0.25, 0.3) is 0 Å². The van der Waals surface area contributed by atoms with Gasteiger partial charge in [0.05, 0.1) is 26.2 Å². The van der Waals surface area contributed by atoms with Gasteiger partial charge in [0.25, 0.3) is 5.91 Å². The summed E-state index contributed by atoms with van der Waals surface area (Å²) in [6.07, 6.45) is 1.33. The van der Waals surface area contributed by atoms with Gasteiger partial charge in [-0.1, -0.05) is 0 Å². The summed E-state index contributed by atoms with van der Waals surface area (Å²) in [5, 5.41) is 29.3. The summed E-state index contributed by atoms with van der Waals surface area (Å²) in [4.78, 5) is 24.2. The second-order valence-corrected chi connectivity index (χ2v) is 3.92. The lowest BCUT2D eigenvalue weighted by atomic mass is 10.2. The first-order valence-corrected chi connectivity index (χ1v) is 6.60. The van der Waals surface area contributed by atoms with Crippen molar-refractivity contribution in [1.82, 2.24) is 10.2 Å². The van der Waals surface area contributed by atoms with E-state index < -0.39 is 5.91 Å². The van der Waals surface area contributed by atoms with E-state index in [0.29, 0.717) is 6.61 Å². The topological polar surface area (TPSA) is 123 Å². The van der Waals surface area contributed by atoms with Gasteiger partial charge in [0.1, 0.15) is 11.6 Å². The number of nitrogens with one attached hydrogen (secondary N) is 1. The highest BCUT2D eigenvalue weighted by molar-refractivity contribution is 5.97. The second-order valence-electron chi connectivity index (χ2n) is 3.92. The van der Waals surface area contributed by atoms with Gasteiger partial charge in [0, 0.05) is 25.8 Å². The number of aliphatic hydroxyl groups excluding tert-OH is 2. The molecule has 1 amide bonds. The van der Waals surface area contributed by atoms with Gasteiger partial charge >= 0.3 is 5.97 Å². The molecule has 0 atom stereocenters. The first kappa shape index (κ1) is 18.9. The standard InChI is InChI=1S/C13H21N3O5/c1-2-21-12(19)3-4-15-10-11(9-14)13(20)16(5-7-17)6-8-18/h10,15,17-18H,2-8H2,1H3/b11-10-. The normalized spacial score (nSPS) is 10.7. The number of nitrogens with zero attached hydrogens (tertiary/aromatic N) is 2. The molecule has 8 heteroatoms. The molecular formula is C13H21N3O5. The van der Waals surface area contributed by atoms with Gasteiger partial charge in [0.2, 0.25) is 0 Å². The lowest BCUT2D eigenvalue weighted by molar-refractivity contribution is -0.142. The zero-order chi connectivity index (χ0) is 16.1. The number of rotatable bonds is 10. The monoisotopic (exact) mass is 299 g/mol. The molecule has 118 valence electrons. The molecule has 0 heterocycles. The molecule has 0 saturated heterocycles. The summed E-state index contributed by atoms with van der Waals surface area (Å²) < 4.78 is 4.73. The first-order chi connectivity index (χ1) is 10.1. The fourth-order valence-electron chi connectivity index (χ4n) is 1.45. The van der Waals surface area contributed by atoms with Crippen LogP contribution in [0.4, 0.5) is 0 Å². The van der Waals surface area contributed by atoms with Crippen LogP contribution in [-0.4, -0.2) is 66.4 Å². The summed E-state index contributed by atoms with van der Waals surface area (Å²) >= 11 is 0. The molecule has 0 aliphatic carbocycles. The van der Waals surface area contributed by atoms with Crippen molar-refractivity contribution >= 4 is 11.9 Å². The molecule has 0 aliphatic rings. The molecule has 0 saturated carbocycles. The molecule has 0 aromatic rings. The van der Waals surface area contributed by atoms with E-state index in [-0.39, 0.29) is 50.8 Å². The Bertz CT molecular complexity index is 397. The van der Waals surface area contributed by atoms with Crippen molar-refractivity contribution in [3.05, 3.63) is 11.8 Å². The Kier molecular flexibility index (Phi) is 10.5. The van der Waals surface area contributed by atoms with Gasteiger partial charge in [-0.3, -0.25) is 9.59 Å². The van der Waals surface area contributed by atoms with Gasteiger partial charge < -0.3 is 25.2 Å². The number of ether oxygens (including phenoxy) is 1. The molecule has 0 unspecified atom stereocenters. The van der Waals surface area contributed by atoms with E-state index in [1.165, 1.54) is 11.1 Å². The maximum Gasteiger partial charge on any atom is 0.307 e. The number of nitriles is 1. The molecule has 8 nitrogen and oxygen atoms in total. The van der Waals surface area contributed by atoms with E-state index in [0.717, 1.165) is 0 Å². The Labute approximate surface area is 123 Å². The SMILES string of the molecule is CCOC(=O)CCN/C=C(/C#N)C(=O)N(CCO)CCO. The van der Waals surface area contributed by atoms with Gasteiger partial charge in [-0.2, -0.15) is 5.26 Å². The first-order valence-electron chi connectivity index (χ1n) is 6.60. The van der Waals surface area contributed by atoms with Crippen molar-refractivity contribution in [3.63, 3.8) is 0 Å². The molecule has 0 aromatic carbocycles. The fourth-order valence-corrected chi connectivity index (χ4v) is 1.45.